The molecule has 0 bridgehead atoms. The Morgan fingerprint density at radius 1 is 1.35 bits per heavy atom. The standard InChI is InChI=1S/C16H32N2O2/c1-6-7-8-9-18-10-11-20-14(13-18)12-17(5)15(19)16(2,3)4/h14H,6-13H2,1-5H3/t14-/m1/s1. The number of amides is 1. The molecule has 1 atom stereocenters. The lowest BCUT2D eigenvalue weighted by atomic mass is 9.95. The van der Waals surface area contributed by atoms with Crippen LogP contribution in [-0.4, -0.2) is 61.6 Å². The minimum Gasteiger partial charge on any atom is -0.374 e. The zero-order chi connectivity index (χ0) is 15.2. The summed E-state index contributed by atoms with van der Waals surface area (Å²) in [6.07, 6.45) is 3.97. The summed E-state index contributed by atoms with van der Waals surface area (Å²) in [7, 11) is 1.88. The summed E-state index contributed by atoms with van der Waals surface area (Å²) in [5, 5.41) is 0. The number of hydrogen-bond donors (Lipinski definition) is 0. The van der Waals surface area contributed by atoms with Gasteiger partial charge < -0.3 is 9.64 Å². The molecule has 0 radical (unpaired) electrons. The molecule has 0 unspecified atom stereocenters. The van der Waals surface area contributed by atoms with E-state index in [0.717, 1.165) is 26.2 Å². The van der Waals surface area contributed by atoms with E-state index in [9.17, 15) is 4.79 Å². The predicted molar refractivity (Wildman–Crippen MR) is 82.8 cm³/mol. The number of carbonyl (C=O) groups excluding carboxylic acids is 1. The van der Waals surface area contributed by atoms with E-state index in [2.05, 4.69) is 11.8 Å². The van der Waals surface area contributed by atoms with E-state index in [4.69, 9.17) is 4.74 Å². The van der Waals surface area contributed by atoms with Gasteiger partial charge in [-0.3, -0.25) is 9.69 Å². The van der Waals surface area contributed by atoms with Gasteiger partial charge >= 0.3 is 0 Å². The largest absolute Gasteiger partial charge is 0.374 e. The Balaban J connectivity index is 2.38. The second-order valence-corrected chi connectivity index (χ2v) is 6.94. The van der Waals surface area contributed by atoms with Crippen LogP contribution in [0.1, 0.15) is 47.0 Å². The molecule has 1 rings (SSSR count). The fraction of sp³-hybridized carbons (Fsp3) is 0.938. The van der Waals surface area contributed by atoms with Gasteiger partial charge in [-0.05, 0) is 13.0 Å². The first-order valence-electron chi connectivity index (χ1n) is 7.94. The van der Waals surface area contributed by atoms with E-state index < -0.39 is 0 Å². The fourth-order valence-corrected chi connectivity index (χ4v) is 2.64. The van der Waals surface area contributed by atoms with Crippen molar-refractivity contribution >= 4 is 5.91 Å². The van der Waals surface area contributed by atoms with Crippen LogP contribution in [0.15, 0.2) is 0 Å². The summed E-state index contributed by atoms with van der Waals surface area (Å²) in [4.78, 5) is 16.5. The molecule has 1 aliphatic heterocycles. The second-order valence-electron chi connectivity index (χ2n) is 6.94. The normalized spacial score (nSPS) is 20.9. The minimum absolute atomic E-state index is 0.154. The van der Waals surface area contributed by atoms with E-state index >= 15 is 0 Å². The molecule has 0 spiro atoms. The van der Waals surface area contributed by atoms with Gasteiger partial charge in [-0.2, -0.15) is 0 Å². The van der Waals surface area contributed by atoms with Crippen molar-refractivity contribution in [1.29, 1.82) is 0 Å². The SMILES string of the molecule is CCCCCN1CCO[C@H](CN(C)C(=O)C(C)(C)C)C1. The molecular weight excluding hydrogens is 252 g/mol. The molecule has 118 valence electrons. The highest BCUT2D eigenvalue weighted by Crippen LogP contribution is 2.17. The summed E-state index contributed by atoms with van der Waals surface area (Å²) in [6, 6.07) is 0. The van der Waals surface area contributed by atoms with Gasteiger partial charge in [0.2, 0.25) is 5.91 Å². The first-order chi connectivity index (χ1) is 9.34. The monoisotopic (exact) mass is 284 g/mol. The Hall–Kier alpha value is -0.610. The number of rotatable bonds is 6. The van der Waals surface area contributed by atoms with Gasteiger partial charge in [-0.1, -0.05) is 40.5 Å². The van der Waals surface area contributed by atoms with Crippen molar-refractivity contribution in [2.45, 2.75) is 53.1 Å². The van der Waals surface area contributed by atoms with Crippen LogP contribution in [0.2, 0.25) is 0 Å². The van der Waals surface area contributed by atoms with Crippen LogP contribution < -0.4 is 0 Å². The predicted octanol–water partition coefficient (Wildman–Crippen LogP) is 2.38. The van der Waals surface area contributed by atoms with Crippen molar-refractivity contribution in [2.75, 3.05) is 39.8 Å². The van der Waals surface area contributed by atoms with Crippen molar-refractivity contribution in [3.8, 4) is 0 Å². The summed E-state index contributed by atoms with van der Waals surface area (Å²) >= 11 is 0. The van der Waals surface area contributed by atoms with Crippen LogP contribution in [-0.2, 0) is 9.53 Å². The molecule has 1 amide bonds. The maximum absolute atomic E-state index is 12.2. The molecular formula is C16H32N2O2. The molecule has 1 fully saturated rings. The number of unbranched alkanes of at least 4 members (excludes halogenated alkanes) is 2. The summed E-state index contributed by atoms with van der Waals surface area (Å²) in [6.45, 7) is 12.7. The van der Waals surface area contributed by atoms with Crippen LogP contribution >= 0.6 is 0 Å². The first-order valence-corrected chi connectivity index (χ1v) is 7.94. The lowest BCUT2D eigenvalue weighted by molar-refractivity contribution is -0.141. The highest BCUT2D eigenvalue weighted by atomic mass is 16.5. The summed E-state index contributed by atoms with van der Waals surface area (Å²) < 4.78 is 5.81. The van der Waals surface area contributed by atoms with E-state index in [0.29, 0.717) is 6.54 Å². The van der Waals surface area contributed by atoms with Crippen molar-refractivity contribution in [3.63, 3.8) is 0 Å². The number of likely N-dealkylation sites (N-methyl/N-ethyl adjacent to an activating group) is 1. The number of nitrogens with zero attached hydrogens (tertiary/aromatic N) is 2. The van der Waals surface area contributed by atoms with Crippen molar-refractivity contribution in [2.24, 2.45) is 5.41 Å². The van der Waals surface area contributed by atoms with E-state index in [1.807, 2.05) is 32.7 Å². The topological polar surface area (TPSA) is 32.8 Å². The third-order valence-corrected chi connectivity index (χ3v) is 3.77. The summed E-state index contributed by atoms with van der Waals surface area (Å²) in [5.41, 5.74) is -0.315. The smallest absolute Gasteiger partial charge is 0.227 e. The van der Waals surface area contributed by atoms with Crippen LogP contribution in [0.25, 0.3) is 0 Å². The Labute approximate surface area is 124 Å². The van der Waals surface area contributed by atoms with Crippen molar-refractivity contribution in [1.82, 2.24) is 9.80 Å². The van der Waals surface area contributed by atoms with Gasteiger partial charge in [-0.15, -0.1) is 0 Å². The molecule has 0 aliphatic carbocycles. The Bertz CT molecular complexity index is 299. The third kappa shape index (κ3) is 5.80. The van der Waals surface area contributed by atoms with Gasteiger partial charge in [0.1, 0.15) is 0 Å². The number of carbonyl (C=O) groups is 1. The summed E-state index contributed by atoms with van der Waals surface area (Å²) in [5.74, 6) is 0.184. The highest BCUT2D eigenvalue weighted by Gasteiger charge is 2.28. The molecule has 0 saturated carbocycles. The molecule has 0 aromatic heterocycles. The highest BCUT2D eigenvalue weighted by molar-refractivity contribution is 5.81. The molecule has 1 heterocycles. The van der Waals surface area contributed by atoms with Gasteiger partial charge in [0.15, 0.2) is 0 Å². The molecule has 1 aliphatic rings. The van der Waals surface area contributed by atoms with Gasteiger partial charge in [-0.25, -0.2) is 0 Å². The molecule has 4 heteroatoms. The van der Waals surface area contributed by atoms with Crippen LogP contribution in [0, 0.1) is 5.41 Å². The maximum atomic E-state index is 12.2. The van der Waals surface area contributed by atoms with Crippen LogP contribution in [0.3, 0.4) is 0 Å². The Kier molecular flexibility index (Phi) is 6.96. The van der Waals surface area contributed by atoms with Gasteiger partial charge in [0.25, 0.3) is 0 Å². The maximum Gasteiger partial charge on any atom is 0.227 e. The van der Waals surface area contributed by atoms with Crippen LogP contribution in [0.4, 0.5) is 0 Å². The zero-order valence-electron chi connectivity index (χ0n) is 13.9. The van der Waals surface area contributed by atoms with Gasteiger partial charge in [0.05, 0.1) is 12.7 Å². The number of hydrogen-bond acceptors (Lipinski definition) is 3. The quantitative estimate of drug-likeness (QED) is 0.702. The zero-order valence-corrected chi connectivity index (χ0v) is 13.9. The van der Waals surface area contributed by atoms with Gasteiger partial charge in [0, 0.05) is 32.1 Å². The fourth-order valence-electron chi connectivity index (χ4n) is 2.64. The number of ether oxygens (including phenoxy) is 1. The molecule has 20 heavy (non-hydrogen) atoms. The van der Waals surface area contributed by atoms with Crippen LogP contribution in [0.5, 0.6) is 0 Å². The minimum atomic E-state index is -0.315. The number of morpholine rings is 1. The van der Waals surface area contributed by atoms with Crippen molar-refractivity contribution < 1.29 is 9.53 Å². The average molecular weight is 284 g/mol. The molecule has 0 aromatic carbocycles. The van der Waals surface area contributed by atoms with Crippen molar-refractivity contribution in [3.05, 3.63) is 0 Å². The average Bonchev–Trinajstić information content (AvgIpc) is 2.37. The van der Waals surface area contributed by atoms with E-state index in [1.165, 1.54) is 19.3 Å². The Morgan fingerprint density at radius 2 is 2.05 bits per heavy atom. The van der Waals surface area contributed by atoms with E-state index in [-0.39, 0.29) is 17.4 Å². The molecule has 4 nitrogen and oxygen atoms in total. The molecule has 0 aromatic rings. The van der Waals surface area contributed by atoms with E-state index in [1.54, 1.807) is 0 Å². The lowest BCUT2D eigenvalue weighted by Gasteiger charge is -2.36. The lowest BCUT2D eigenvalue weighted by Crippen LogP contribution is -2.49. The first kappa shape index (κ1) is 17.4. The Morgan fingerprint density at radius 3 is 2.65 bits per heavy atom. The second kappa shape index (κ2) is 7.99. The molecule has 0 N–H and O–H groups in total. The third-order valence-electron chi connectivity index (χ3n) is 3.77. The molecule has 1 saturated heterocycles.